The molecule has 8 heteroatoms. The molecule has 1 aromatic heterocycles. The van der Waals surface area contributed by atoms with Gasteiger partial charge in [-0.1, -0.05) is 40.2 Å². The van der Waals surface area contributed by atoms with Crippen molar-refractivity contribution in [2.45, 2.75) is 13.0 Å². The quantitative estimate of drug-likeness (QED) is 0.405. The fourth-order valence-electron chi connectivity index (χ4n) is 3.93. The molecular weight excluding hydrogens is 450 g/mol. The summed E-state index contributed by atoms with van der Waals surface area (Å²) in [5.41, 5.74) is 2.43. The Morgan fingerprint density at radius 1 is 1.20 bits per heavy atom. The average molecular weight is 472 g/mol. The number of para-hydroxylation sites is 2. The van der Waals surface area contributed by atoms with Crippen molar-refractivity contribution >= 4 is 44.8 Å². The molecule has 1 aliphatic rings. The fraction of sp³-hybridized carbons (Fsp3) is 0.318. The highest BCUT2D eigenvalue weighted by Crippen LogP contribution is 2.41. The Bertz CT molecular complexity index is 1100. The summed E-state index contributed by atoms with van der Waals surface area (Å²) in [6.07, 6.45) is 0. The molecule has 2 aromatic carbocycles. The Hall–Kier alpha value is -2.71. The first kappa shape index (κ1) is 20.6. The predicted molar refractivity (Wildman–Crippen MR) is 116 cm³/mol. The number of nitrogens with zero attached hydrogens (tertiary/aromatic N) is 3. The Morgan fingerprint density at radius 3 is 2.73 bits per heavy atom. The van der Waals surface area contributed by atoms with Crippen molar-refractivity contribution in [3.8, 4) is 0 Å². The second-order valence-electron chi connectivity index (χ2n) is 6.98. The summed E-state index contributed by atoms with van der Waals surface area (Å²) >= 11 is 3.51. The van der Waals surface area contributed by atoms with Gasteiger partial charge in [-0.05, 0) is 36.8 Å². The van der Waals surface area contributed by atoms with Crippen LogP contribution in [0.2, 0.25) is 0 Å². The maximum atomic E-state index is 13.6. The molecule has 156 valence electrons. The zero-order valence-electron chi connectivity index (χ0n) is 16.7. The third-order valence-electron chi connectivity index (χ3n) is 5.19. The van der Waals surface area contributed by atoms with E-state index < -0.39 is 17.9 Å². The van der Waals surface area contributed by atoms with Crippen molar-refractivity contribution in [1.29, 1.82) is 0 Å². The molecule has 0 radical (unpaired) electrons. The fourth-order valence-corrected chi connectivity index (χ4v) is 4.35. The number of methoxy groups -OCH3 is 1. The van der Waals surface area contributed by atoms with Gasteiger partial charge in [0.1, 0.15) is 0 Å². The molecule has 2 heterocycles. The number of halogens is 1. The Balaban J connectivity index is 1.98. The van der Waals surface area contributed by atoms with Crippen LogP contribution < -0.4 is 4.90 Å². The first-order valence-electron chi connectivity index (χ1n) is 9.76. The minimum absolute atomic E-state index is 0.198. The number of anilines is 1. The number of esters is 1. The molecule has 1 amide bonds. The summed E-state index contributed by atoms with van der Waals surface area (Å²) < 4.78 is 13.4. The van der Waals surface area contributed by atoms with Crippen LogP contribution in [0, 0.1) is 5.92 Å². The van der Waals surface area contributed by atoms with Crippen LogP contribution in [0.1, 0.15) is 18.5 Å². The van der Waals surface area contributed by atoms with Crippen molar-refractivity contribution in [1.82, 2.24) is 9.55 Å². The number of rotatable bonds is 6. The van der Waals surface area contributed by atoms with E-state index in [1.165, 1.54) is 4.90 Å². The van der Waals surface area contributed by atoms with Gasteiger partial charge in [0.25, 0.3) is 0 Å². The first-order chi connectivity index (χ1) is 14.6. The summed E-state index contributed by atoms with van der Waals surface area (Å²) in [6, 6.07) is 14.7. The number of fused-ring (bicyclic) bond motifs is 3. The van der Waals surface area contributed by atoms with Crippen LogP contribution in [0.15, 0.2) is 53.0 Å². The number of imidazole rings is 1. The third kappa shape index (κ3) is 3.50. The van der Waals surface area contributed by atoms with Crippen molar-refractivity contribution in [2.75, 3.05) is 31.8 Å². The van der Waals surface area contributed by atoms with Crippen molar-refractivity contribution in [2.24, 2.45) is 5.92 Å². The number of carbonyl (C=O) groups excluding carboxylic acids is 2. The number of hydrogen-bond donors (Lipinski definition) is 0. The monoisotopic (exact) mass is 471 g/mol. The second kappa shape index (κ2) is 8.57. The highest BCUT2D eigenvalue weighted by Gasteiger charge is 2.47. The highest BCUT2D eigenvalue weighted by atomic mass is 79.9. The maximum absolute atomic E-state index is 13.6. The number of hydrogen-bond acceptors (Lipinski definition) is 5. The van der Waals surface area contributed by atoms with Crippen molar-refractivity contribution < 1.29 is 19.1 Å². The van der Waals surface area contributed by atoms with Crippen LogP contribution in [-0.4, -0.2) is 48.3 Å². The molecule has 0 saturated carbocycles. The first-order valence-corrected chi connectivity index (χ1v) is 10.6. The topological polar surface area (TPSA) is 73.7 Å². The smallest absolute Gasteiger partial charge is 0.321 e. The van der Waals surface area contributed by atoms with Crippen LogP contribution in [0.5, 0.6) is 0 Å². The zero-order chi connectivity index (χ0) is 21.3. The van der Waals surface area contributed by atoms with Gasteiger partial charge in [0, 0.05) is 11.6 Å². The van der Waals surface area contributed by atoms with Crippen LogP contribution in [0.25, 0.3) is 11.0 Å². The number of benzene rings is 2. The van der Waals surface area contributed by atoms with Gasteiger partial charge in [-0.2, -0.15) is 0 Å². The number of ether oxygens (including phenoxy) is 2. The van der Waals surface area contributed by atoms with E-state index in [9.17, 15) is 9.59 Å². The van der Waals surface area contributed by atoms with Gasteiger partial charge in [0.15, 0.2) is 5.92 Å². The van der Waals surface area contributed by atoms with Gasteiger partial charge in [0.2, 0.25) is 11.9 Å². The lowest BCUT2D eigenvalue weighted by molar-refractivity contribution is -0.153. The summed E-state index contributed by atoms with van der Waals surface area (Å²) in [6.45, 7) is 2.55. The Kier molecular flexibility index (Phi) is 5.87. The van der Waals surface area contributed by atoms with E-state index in [4.69, 9.17) is 14.5 Å². The number of carbonyl (C=O) groups is 2. The Labute approximate surface area is 182 Å². The van der Waals surface area contributed by atoms with Gasteiger partial charge < -0.3 is 14.0 Å². The highest BCUT2D eigenvalue weighted by molar-refractivity contribution is 9.10. The summed E-state index contributed by atoms with van der Waals surface area (Å²) in [4.78, 5) is 32.8. The van der Waals surface area contributed by atoms with Gasteiger partial charge in [-0.3, -0.25) is 14.5 Å². The summed E-state index contributed by atoms with van der Waals surface area (Å²) in [7, 11) is 1.57. The minimum Gasteiger partial charge on any atom is -0.465 e. The lowest BCUT2D eigenvalue weighted by Gasteiger charge is -2.37. The third-order valence-corrected chi connectivity index (χ3v) is 5.69. The maximum Gasteiger partial charge on any atom is 0.321 e. The zero-order valence-corrected chi connectivity index (χ0v) is 18.3. The largest absolute Gasteiger partial charge is 0.465 e. The molecule has 0 fully saturated rings. The molecule has 0 spiro atoms. The molecule has 1 aliphatic heterocycles. The van der Waals surface area contributed by atoms with Gasteiger partial charge in [-0.15, -0.1) is 0 Å². The molecular formula is C22H22BrN3O4. The standard InChI is InChI=1S/C22H22BrN3O4/c1-3-30-21(28)18-19(14-7-6-8-15(23)13-14)26-17-10-5-4-9-16(17)24-22(26)25(20(18)27)11-12-29-2/h4-10,13,18-19H,3,11-12H2,1-2H3/t18-,19+/m0/s1. The van der Waals surface area contributed by atoms with Gasteiger partial charge in [0.05, 0.1) is 36.8 Å². The van der Waals surface area contributed by atoms with E-state index in [-0.39, 0.29) is 12.5 Å². The lowest BCUT2D eigenvalue weighted by Crippen LogP contribution is -2.51. The SMILES string of the molecule is CCOC(=O)[C@@H]1C(=O)N(CCOC)c2nc3ccccc3n2[C@@H]1c1cccc(Br)c1. The van der Waals surface area contributed by atoms with Crippen LogP contribution in [-0.2, 0) is 19.1 Å². The van der Waals surface area contributed by atoms with Crippen LogP contribution in [0.3, 0.4) is 0 Å². The van der Waals surface area contributed by atoms with E-state index in [1.54, 1.807) is 14.0 Å². The molecule has 30 heavy (non-hydrogen) atoms. The number of aromatic nitrogens is 2. The Morgan fingerprint density at radius 2 is 2.00 bits per heavy atom. The van der Waals surface area contributed by atoms with Crippen LogP contribution >= 0.6 is 15.9 Å². The van der Waals surface area contributed by atoms with Crippen LogP contribution in [0.4, 0.5) is 5.95 Å². The van der Waals surface area contributed by atoms with E-state index in [0.717, 1.165) is 21.1 Å². The van der Waals surface area contributed by atoms with E-state index in [1.807, 2.05) is 53.1 Å². The van der Waals surface area contributed by atoms with E-state index in [2.05, 4.69) is 15.9 Å². The van der Waals surface area contributed by atoms with Gasteiger partial charge in [-0.25, -0.2) is 4.98 Å². The van der Waals surface area contributed by atoms with Gasteiger partial charge >= 0.3 is 5.97 Å². The minimum atomic E-state index is -1.03. The average Bonchev–Trinajstić information content (AvgIpc) is 3.11. The molecule has 4 rings (SSSR count). The van der Waals surface area contributed by atoms with E-state index in [0.29, 0.717) is 19.1 Å². The summed E-state index contributed by atoms with van der Waals surface area (Å²) in [5.74, 6) is -1.40. The molecule has 3 aromatic rings. The van der Waals surface area contributed by atoms with E-state index >= 15 is 0 Å². The lowest BCUT2D eigenvalue weighted by atomic mass is 9.89. The predicted octanol–water partition coefficient (Wildman–Crippen LogP) is 3.56. The molecule has 0 saturated heterocycles. The second-order valence-corrected chi connectivity index (χ2v) is 7.90. The molecule has 0 unspecified atom stereocenters. The molecule has 0 bridgehead atoms. The molecule has 7 nitrogen and oxygen atoms in total. The van der Waals surface area contributed by atoms with Crippen molar-refractivity contribution in [3.05, 3.63) is 58.6 Å². The summed E-state index contributed by atoms with van der Waals surface area (Å²) in [5, 5.41) is 0. The molecule has 0 N–H and O–H groups in total. The normalized spacial score (nSPS) is 18.5. The molecule has 2 atom stereocenters. The molecule has 0 aliphatic carbocycles. The van der Waals surface area contributed by atoms with Crippen molar-refractivity contribution in [3.63, 3.8) is 0 Å². The number of amides is 1.